The Balaban J connectivity index is 1.93. The van der Waals surface area contributed by atoms with E-state index in [0.29, 0.717) is 19.0 Å². The molecule has 0 spiro atoms. The molecule has 5 nitrogen and oxygen atoms in total. The van der Waals surface area contributed by atoms with Crippen LogP contribution in [0.25, 0.3) is 0 Å². The van der Waals surface area contributed by atoms with Crippen LogP contribution in [0.4, 0.5) is 4.39 Å². The molecule has 1 aliphatic rings. The number of hydrogen-bond acceptors (Lipinski definition) is 4. The molecule has 1 heterocycles. The monoisotopic (exact) mass is 317 g/mol. The van der Waals surface area contributed by atoms with Gasteiger partial charge in [-0.1, -0.05) is 0 Å². The molecule has 1 aromatic rings. The van der Waals surface area contributed by atoms with E-state index in [1.165, 1.54) is 28.6 Å². The molecular weight excluding hydrogens is 297 g/mol. The van der Waals surface area contributed by atoms with Crippen molar-refractivity contribution in [2.24, 2.45) is 0 Å². The summed E-state index contributed by atoms with van der Waals surface area (Å²) in [5.41, 5.74) is 0. The second kappa shape index (κ2) is 6.72. The van der Waals surface area contributed by atoms with Crippen molar-refractivity contribution in [1.82, 2.24) is 4.31 Å². The fourth-order valence-corrected chi connectivity index (χ4v) is 4.16. The fourth-order valence-electron chi connectivity index (χ4n) is 2.44. The van der Waals surface area contributed by atoms with Crippen molar-refractivity contribution in [3.8, 4) is 5.75 Å². The van der Waals surface area contributed by atoms with Gasteiger partial charge in [0, 0.05) is 12.1 Å². The minimum Gasteiger partial charge on any atom is -0.492 e. The van der Waals surface area contributed by atoms with Gasteiger partial charge in [0.15, 0.2) is 0 Å². The average Bonchev–Trinajstić information content (AvgIpc) is 2.40. The molecule has 2 unspecified atom stereocenters. The van der Waals surface area contributed by atoms with E-state index in [-0.39, 0.29) is 30.3 Å². The van der Waals surface area contributed by atoms with Gasteiger partial charge in [0.25, 0.3) is 0 Å². The van der Waals surface area contributed by atoms with Gasteiger partial charge in [-0.05, 0) is 38.1 Å². The van der Waals surface area contributed by atoms with Gasteiger partial charge in [0.05, 0.1) is 19.0 Å². The van der Waals surface area contributed by atoms with Crippen molar-refractivity contribution in [2.45, 2.75) is 25.9 Å². The summed E-state index contributed by atoms with van der Waals surface area (Å²) in [4.78, 5) is 0. The molecule has 0 radical (unpaired) electrons. The van der Waals surface area contributed by atoms with E-state index in [2.05, 4.69) is 0 Å². The van der Waals surface area contributed by atoms with Crippen molar-refractivity contribution < 1.29 is 22.3 Å². The molecule has 1 aromatic carbocycles. The normalized spacial score (nSPS) is 24.0. The molecule has 2 rings (SSSR count). The van der Waals surface area contributed by atoms with Crippen molar-refractivity contribution in [2.75, 3.05) is 25.6 Å². The molecule has 0 amide bonds. The Kier molecular flexibility index (Phi) is 5.18. The lowest BCUT2D eigenvalue weighted by atomic mass is 10.2. The second-order valence-corrected chi connectivity index (χ2v) is 7.18. The molecule has 0 saturated carbocycles. The first-order valence-electron chi connectivity index (χ1n) is 6.87. The Morgan fingerprint density at radius 2 is 1.81 bits per heavy atom. The van der Waals surface area contributed by atoms with E-state index < -0.39 is 10.0 Å². The first-order chi connectivity index (χ1) is 9.90. The maximum absolute atomic E-state index is 12.8. The Morgan fingerprint density at radius 1 is 1.24 bits per heavy atom. The van der Waals surface area contributed by atoms with E-state index in [1.807, 2.05) is 13.8 Å². The summed E-state index contributed by atoms with van der Waals surface area (Å²) >= 11 is 0. The third-order valence-corrected chi connectivity index (χ3v) is 5.38. The highest BCUT2D eigenvalue weighted by atomic mass is 32.2. The molecule has 1 saturated heterocycles. The number of hydrogen-bond donors (Lipinski definition) is 0. The van der Waals surface area contributed by atoms with E-state index in [0.717, 1.165) is 0 Å². The molecule has 0 aromatic heterocycles. The van der Waals surface area contributed by atoms with E-state index in [9.17, 15) is 12.8 Å². The molecule has 1 fully saturated rings. The lowest BCUT2D eigenvalue weighted by Crippen LogP contribution is -2.53. The number of ether oxygens (including phenoxy) is 2. The molecule has 0 bridgehead atoms. The second-order valence-electron chi connectivity index (χ2n) is 5.18. The zero-order chi connectivity index (χ0) is 15.5. The minimum absolute atomic E-state index is 0.0325. The van der Waals surface area contributed by atoms with Crippen LogP contribution in [0.3, 0.4) is 0 Å². The van der Waals surface area contributed by atoms with Crippen molar-refractivity contribution in [3.05, 3.63) is 30.1 Å². The lowest BCUT2D eigenvalue weighted by Gasteiger charge is -2.37. The summed E-state index contributed by atoms with van der Waals surface area (Å²) in [5, 5.41) is 0. The molecule has 7 heteroatoms. The van der Waals surface area contributed by atoms with E-state index in [1.54, 1.807) is 0 Å². The highest BCUT2D eigenvalue weighted by Gasteiger charge is 2.34. The molecular formula is C14H20FNO4S. The molecule has 0 aliphatic carbocycles. The van der Waals surface area contributed by atoms with Crippen LogP contribution in [0.5, 0.6) is 5.75 Å². The summed E-state index contributed by atoms with van der Waals surface area (Å²) in [6.07, 6.45) is 0. The molecule has 1 aliphatic heterocycles. The predicted octanol–water partition coefficient (Wildman–Crippen LogP) is 1.64. The van der Waals surface area contributed by atoms with Gasteiger partial charge < -0.3 is 9.47 Å². The quantitative estimate of drug-likeness (QED) is 0.828. The van der Waals surface area contributed by atoms with Crippen LogP contribution in [0.15, 0.2) is 24.3 Å². The van der Waals surface area contributed by atoms with Crippen LogP contribution in [0, 0.1) is 5.82 Å². The van der Waals surface area contributed by atoms with Crippen LogP contribution >= 0.6 is 0 Å². The molecule has 118 valence electrons. The van der Waals surface area contributed by atoms with Crippen molar-refractivity contribution in [1.29, 1.82) is 0 Å². The number of morpholine rings is 1. The zero-order valence-electron chi connectivity index (χ0n) is 12.2. The van der Waals surface area contributed by atoms with Crippen molar-refractivity contribution >= 4 is 10.0 Å². The van der Waals surface area contributed by atoms with Gasteiger partial charge in [-0.15, -0.1) is 0 Å². The lowest BCUT2D eigenvalue weighted by molar-refractivity contribution is 0.00626. The maximum Gasteiger partial charge on any atom is 0.218 e. The highest BCUT2D eigenvalue weighted by Crippen LogP contribution is 2.18. The topological polar surface area (TPSA) is 55.8 Å². The van der Waals surface area contributed by atoms with Gasteiger partial charge in [-0.2, -0.15) is 4.31 Å². The number of halogens is 1. The first kappa shape index (κ1) is 16.2. The Bertz CT molecular complexity index is 551. The van der Waals surface area contributed by atoms with Crippen LogP contribution in [0.1, 0.15) is 13.8 Å². The summed E-state index contributed by atoms with van der Waals surface area (Å²) < 4.78 is 49.7. The average molecular weight is 317 g/mol. The number of rotatable bonds is 5. The largest absolute Gasteiger partial charge is 0.492 e. The Morgan fingerprint density at radius 3 is 2.38 bits per heavy atom. The van der Waals surface area contributed by atoms with Crippen LogP contribution in [0.2, 0.25) is 0 Å². The van der Waals surface area contributed by atoms with Gasteiger partial charge in [0.2, 0.25) is 10.0 Å². The van der Waals surface area contributed by atoms with E-state index >= 15 is 0 Å². The summed E-state index contributed by atoms with van der Waals surface area (Å²) in [6, 6.07) is 5.14. The minimum atomic E-state index is -3.41. The zero-order valence-corrected chi connectivity index (χ0v) is 13.0. The Hall–Kier alpha value is -1.18. The molecule has 21 heavy (non-hydrogen) atoms. The molecule has 2 atom stereocenters. The number of sulfonamides is 1. The number of nitrogens with zero attached hydrogens (tertiary/aromatic N) is 1. The van der Waals surface area contributed by atoms with Crippen LogP contribution < -0.4 is 4.74 Å². The maximum atomic E-state index is 12.8. The smallest absolute Gasteiger partial charge is 0.218 e. The van der Waals surface area contributed by atoms with Gasteiger partial charge in [0.1, 0.15) is 18.2 Å². The Labute approximate surface area is 124 Å². The fraction of sp³-hybridized carbons (Fsp3) is 0.571. The summed E-state index contributed by atoms with van der Waals surface area (Å²) in [7, 11) is -3.41. The van der Waals surface area contributed by atoms with Crippen molar-refractivity contribution in [3.63, 3.8) is 0 Å². The van der Waals surface area contributed by atoms with Crippen LogP contribution in [-0.2, 0) is 14.8 Å². The van der Waals surface area contributed by atoms with Gasteiger partial charge >= 0.3 is 0 Å². The van der Waals surface area contributed by atoms with Gasteiger partial charge in [-0.25, -0.2) is 12.8 Å². The SMILES string of the molecule is CC1COCC(C)N1S(=O)(=O)CCOc1ccc(F)cc1. The number of benzene rings is 1. The third kappa shape index (κ3) is 4.15. The highest BCUT2D eigenvalue weighted by molar-refractivity contribution is 7.89. The standard InChI is InChI=1S/C14H20FNO4S/c1-11-9-19-10-12(2)16(11)21(17,18)8-7-20-14-5-3-13(15)4-6-14/h3-6,11-12H,7-10H2,1-2H3. The predicted molar refractivity (Wildman–Crippen MR) is 77.3 cm³/mol. The van der Waals surface area contributed by atoms with E-state index in [4.69, 9.17) is 9.47 Å². The van der Waals surface area contributed by atoms with Gasteiger partial charge in [-0.3, -0.25) is 0 Å². The first-order valence-corrected chi connectivity index (χ1v) is 8.48. The van der Waals surface area contributed by atoms with Crippen LogP contribution in [-0.4, -0.2) is 50.4 Å². The third-order valence-electron chi connectivity index (χ3n) is 3.33. The summed E-state index contributed by atoms with van der Waals surface area (Å²) in [5.74, 6) is -0.0143. The summed E-state index contributed by atoms with van der Waals surface area (Å²) in [6.45, 7) is 4.50. The molecule has 0 N–H and O–H groups in total.